The van der Waals surface area contributed by atoms with E-state index in [1.807, 2.05) is 0 Å². The summed E-state index contributed by atoms with van der Waals surface area (Å²) in [4.78, 5) is 3.39. The molecule has 1 saturated heterocycles. The molecule has 0 amide bonds. The minimum absolute atomic E-state index is 0.502. The third kappa shape index (κ3) is 1.60. The zero-order valence-corrected chi connectivity index (χ0v) is 10.8. The second-order valence-electron chi connectivity index (χ2n) is 5.87. The summed E-state index contributed by atoms with van der Waals surface area (Å²) in [5.74, 6) is 1.07. The summed E-state index contributed by atoms with van der Waals surface area (Å²) in [5, 5.41) is 14.0. The molecule has 1 aliphatic carbocycles. The Bertz CT molecular complexity index is 664. The first kappa shape index (κ1) is 11.1. The Balaban J connectivity index is 1.79. The molecule has 1 aromatic carbocycles. The van der Waals surface area contributed by atoms with E-state index < -0.39 is 0 Å². The SMILES string of the molecule is N#CC[C@H]1CN[C@@H]2Cc3c[nH]c4cccc(c34)C2C1. The van der Waals surface area contributed by atoms with Crippen LogP contribution in [0.4, 0.5) is 0 Å². The molecule has 96 valence electrons. The molecule has 1 aromatic heterocycles. The van der Waals surface area contributed by atoms with Crippen LogP contribution in [0.25, 0.3) is 10.9 Å². The second-order valence-corrected chi connectivity index (χ2v) is 5.87. The number of aromatic nitrogens is 1. The lowest BCUT2D eigenvalue weighted by molar-refractivity contribution is 0.271. The molecular weight excluding hydrogens is 234 g/mol. The Labute approximate surface area is 112 Å². The summed E-state index contributed by atoms with van der Waals surface area (Å²) in [7, 11) is 0. The number of H-pyrrole nitrogens is 1. The number of benzene rings is 1. The van der Waals surface area contributed by atoms with Crippen LogP contribution < -0.4 is 5.32 Å². The first-order valence-corrected chi connectivity index (χ1v) is 7.06. The zero-order valence-electron chi connectivity index (χ0n) is 10.8. The van der Waals surface area contributed by atoms with Gasteiger partial charge >= 0.3 is 0 Å². The van der Waals surface area contributed by atoms with Crippen LogP contribution in [0.15, 0.2) is 24.4 Å². The van der Waals surface area contributed by atoms with E-state index in [1.165, 1.54) is 22.0 Å². The fraction of sp³-hybridized carbons (Fsp3) is 0.438. The molecule has 3 heteroatoms. The maximum atomic E-state index is 8.91. The average molecular weight is 251 g/mol. The van der Waals surface area contributed by atoms with Crippen molar-refractivity contribution < 1.29 is 0 Å². The number of fused-ring (bicyclic) bond motifs is 2. The van der Waals surface area contributed by atoms with Crippen molar-refractivity contribution in [2.75, 3.05) is 6.54 Å². The largest absolute Gasteiger partial charge is 0.361 e. The van der Waals surface area contributed by atoms with E-state index in [-0.39, 0.29) is 0 Å². The van der Waals surface area contributed by atoms with E-state index in [0.29, 0.717) is 24.3 Å². The highest BCUT2D eigenvalue weighted by atomic mass is 14.9. The number of nitriles is 1. The first-order valence-electron chi connectivity index (χ1n) is 7.06. The summed E-state index contributed by atoms with van der Waals surface area (Å²) < 4.78 is 0. The van der Waals surface area contributed by atoms with Crippen LogP contribution in [-0.4, -0.2) is 17.6 Å². The summed E-state index contributed by atoms with van der Waals surface area (Å²) in [6, 6.07) is 9.45. The topological polar surface area (TPSA) is 51.6 Å². The van der Waals surface area contributed by atoms with Crippen LogP contribution in [0.2, 0.25) is 0 Å². The van der Waals surface area contributed by atoms with E-state index in [1.54, 1.807) is 0 Å². The van der Waals surface area contributed by atoms with Crippen LogP contribution in [0.3, 0.4) is 0 Å². The Kier molecular flexibility index (Phi) is 2.39. The van der Waals surface area contributed by atoms with E-state index in [0.717, 1.165) is 19.4 Å². The molecule has 19 heavy (non-hydrogen) atoms. The van der Waals surface area contributed by atoms with Crippen LogP contribution in [-0.2, 0) is 6.42 Å². The molecule has 2 aliphatic rings. The Hall–Kier alpha value is -1.79. The lowest BCUT2D eigenvalue weighted by Gasteiger charge is -2.39. The van der Waals surface area contributed by atoms with Gasteiger partial charge in [-0.05, 0) is 42.5 Å². The molecular formula is C16H17N3. The number of hydrogen-bond donors (Lipinski definition) is 2. The zero-order chi connectivity index (χ0) is 12.8. The normalized spacial score (nSPS) is 28.9. The second kappa shape index (κ2) is 4.11. The molecule has 1 aliphatic heterocycles. The Morgan fingerprint density at radius 3 is 3.21 bits per heavy atom. The van der Waals surface area contributed by atoms with Gasteiger partial charge in [-0.25, -0.2) is 0 Å². The number of piperidine rings is 1. The molecule has 1 fully saturated rings. The van der Waals surface area contributed by atoms with Crippen molar-refractivity contribution in [3.05, 3.63) is 35.5 Å². The van der Waals surface area contributed by atoms with Crippen molar-refractivity contribution in [2.45, 2.75) is 31.2 Å². The summed E-state index contributed by atoms with van der Waals surface area (Å²) in [6.45, 7) is 0.991. The van der Waals surface area contributed by atoms with E-state index in [9.17, 15) is 0 Å². The van der Waals surface area contributed by atoms with Crippen LogP contribution >= 0.6 is 0 Å². The maximum absolute atomic E-state index is 8.91. The monoisotopic (exact) mass is 251 g/mol. The minimum atomic E-state index is 0.502. The third-order valence-electron chi connectivity index (χ3n) is 4.78. The highest BCUT2D eigenvalue weighted by Crippen LogP contribution is 2.42. The Morgan fingerprint density at radius 1 is 1.37 bits per heavy atom. The molecule has 0 bridgehead atoms. The quantitative estimate of drug-likeness (QED) is 0.818. The lowest BCUT2D eigenvalue weighted by atomic mass is 9.73. The Morgan fingerprint density at radius 2 is 2.32 bits per heavy atom. The van der Waals surface area contributed by atoms with Gasteiger partial charge in [-0.3, -0.25) is 0 Å². The molecule has 0 radical (unpaired) electrons. The van der Waals surface area contributed by atoms with Gasteiger partial charge in [0.1, 0.15) is 0 Å². The van der Waals surface area contributed by atoms with E-state index >= 15 is 0 Å². The molecule has 3 atom stereocenters. The molecule has 2 heterocycles. The van der Waals surface area contributed by atoms with Gasteiger partial charge in [0, 0.05) is 35.5 Å². The molecule has 4 rings (SSSR count). The molecule has 3 nitrogen and oxygen atoms in total. The smallest absolute Gasteiger partial charge is 0.0625 e. The minimum Gasteiger partial charge on any atom is -0.361 e. The van der Waals surface area contributed by atoms with Crippen LogP contribution in [0, 0.1) is 17.2 Å². The number of rotatable bonds is 1. The van der Waals surface area contributed by atoms with Gasteiger partial charge in [-0.15, -0.1) is 0 Å². The van der Waals surface area contributed by atoms with Crippen molar-refractivity contribution in [1.82, 2.24) is 10.3 Å². The van der Waals surface area contributed by atoms with E-state index in [2.05, 4.69) is 40.8 Å². The van der Waals surface area contributed by atoms with E-state index in [4.69, 9.17) is 5.26 Å². The van der Waals surface area contributed by atoms with Gasteiger partial charge in [0.15, 0.2) is 0 Å². The van der Waals surface area contributed by atoms with Gasteiger partial charge in [0.05, 0.1) is 6.07 Å². The van der Waals surface area contributed by atoms with Crippen molar-refractivity contribution in [2.24, 2.45) is 5.92 Å². The predicted octanol–water partition coefficient (Wildman–Crippen LogP) is 2.70. The molecule has 1 unspecified atom stereocenters. The molecule has 2 N–H and O–H groups in total. The fourth-order valence-corrected chi connectivity index (χ4v) is 3.90. The van der Waals surface area contributed by atoms with Crippen LogP contribution in [0.1, 0.15) is 29.9 Å². The van der Waals surface area contributed by atoms with Crippen molar-refractivity contribution >= 4 is 10.9 Å². The summed E-state index contributed by atoms with van der Waals surface area (Å²) in [6.07, 6.45) is 5.09. The standard InChI is InChI=1S/C16H17N3/c17-5-4-10-6-13-12-2-1-3-14-16(12)11(9-19-14)7-15(13)18-8-10/h1-3,9-10,13,15,18-19H,4,6-8H2/t10-,13?,15-/m1/s1. The summed E-state index contributed by atoms with van der Waals surface area (Å²) >= 11 is 0. The lowest BCUT2D eigenvalue weighted by Crippen LogP contribution is -2.46. The van der Waals surface area contributed by atoms with Crippen molar-refractivity contribution in [1.29, 1.82) is 5.26 Å². The fourth-order valence-electron chi connectivity index (χ4n) is 3.90. The molecule has 0 saturated carbocycles. The van der Waals surface area contributed by atoms with Gasteiger partial charge in [0.2, 0.25) is 0 Å². The third-order valence-corrected chi connectivity index (χ3v) is 4.78. The van der Waals surface area contributed by atoms with Crippen molar-refractivity contribution in [3.8, 4) is 6.07 Å². The van der Waals surface area contributed by atoms with Gasteiger partial charge < -0.3 is 10.3 Å². The molecule has 2 aromatic rings. The maximum Gasteiger partial charge on any atom is 0.0625 e. The van der Waals surface area contributed by atoms with Gasteiger partial charge in [-0.2, -0.15) is 5.26 Å². The van der Waals surface area contributed by atoms with Gasteiger partial charge in [0.25, 0.3) is 0 Å². The number of aromatic amines is 1. The average Bonchev–Trinajstić information content (AvgIpc) is 2.85. The number of nitrogens with zero attached hydrogens (tertiary/aromatic N) is 1. The highest BCUT2D eigenvalue weighted by molar-refractivity contribution is 5.88. The number of nitrogens with one attached hydrogen (secondary N) is 2. The first-order chi connectivity index (χ1) is 9.36. The molecule has 0 spiro atoms. The highest BCUT2D eigenvalue weighted by Gasteiger charge is 2.35. The van der Waals surface area contributed by atoms with Gasteiger partial charge in [-0.1, -0.05) is 12.1 Å². The van der Waals surface area contributed by atoms with Crippen LogP contribution in [0.5, 0.6) is 0 Å². The summed E-state index contributed by atoms with van der Waals surface area (Å²) in [5.41, 5.74) is 4.17. The number of hydrogen-bond acceptors (Lipinski definition) is 2. The predicted molar refractivity (Wildman–Crippen MR) is 74.9 cm³/mol. The van der Waals surface area contributed by atoms with Crippen molar-refractivity contribution in [3.63, 3.8) is 0 Å².